The summed E-state index contributed by atoms with van der Waals surface area (Å²) >= 11 is 0. The molecule has 0 bridgehead atoms. The van der Waals surface area contributed by atoms with Crippen molar-refractivity contribution in [2.45, 2.75) is 31.3 Å². The summed E-state index contributed by atoms with van der Waals surface area (Å²) in [5.74, 6) is 1.43. The lowest BCUT2D eigenvalue weighted by molar-refractivity contribution is 0.345. The van der Waals surface area contributed by atoms with Crippen LogP contribution >= 0.6 is 24.8 Å². The van der Waals surface area contributed by atoms with Crippen LogP contribution in [0, 0.1) is 0 Å². The van der Waals surface area contributed by atoms with Crippen LogP contribution in [0.25, 0.3) is 11.0 Å². The van der Waals surface area contributed by atoms with Crippen molar-refractivity contribution in [3.8, 4) is 0 Å². The van der Waals surface area contributed by atoms with Crippen LogP contribution in [0.2, 0.25) is 0 Å². The third-order valence-corrected chi connectivity index (χ3v) is 4.41. The number of rotatable bonds is 5. The van der Waals surface area contributed by atoms with Crippen LogP contribution in [0.15, 0.2) is 30.3 Å². The number of nitrogens with two attached hydrogens (primary N) is 2. The number of para-hydroxylation sites is 1. The summed E-state index contributed by atoms with van der Waals surface area (Å²) in [6.07, 6.45) is 1.92. The van der Waals surface area contributed by atoms with E-state index in [0.717, 1.165) is 35.4 Å². The summed E-state index contributed by atoms with van der Waals surface area (Å²) in [7, 11) is 0. The van der Waals surface area contributed by atoms with Crippen LogP contribution in [0.3, 0.4) is 0 Å². The number of benzene rings is 1. The van der Waals surface area contributed by atoms with Crippen molar-refractivity contribution >= 4 is 47.6 Å². The Morgan fingerprint density at radius 3 is 2.69 bits per heavy atom. The number of anilines is 2. The first kappa shape index (κ1) is 20.2. The van der Waals surface area contributed by atoms with Crippen LogP contribution in [0.1, 0.15) is 24.5 Å². The predicted molar refractivity (Wildman–Crippen MR) is 107 cm³/mol. The minimum atomic E-state index is 0. The number of nitrogens with zero attached hydrogens (tertiary/aromatic N) is 5. The Hall–Kier alpha value is -2.16. The lowest BCUT2D eigenvalue weighted by atomic mass is 9.78. The third-order valence-electron chi connectivity index (χ3n) is 4.41. The number of nitrogens with one attached hydrogen (secondary N) is 1. The minimum absolute atomic E-state index is 0. The summed E-state index contributed by atoms with van der Waals surface area (Å²) in [5, 5.41) is 11.6. The van der Waals surface area contributed by atoms with E-state index in [1.807, 2.05) is 35.0 Å². The van der Waals surface area contributed by atoms with E-state index in [0.29, 0.717) is 25.0 Å². The normalized spacial score (nSPS) is 18.5. The molecular formula is C16H22Cl2N8. The van der Waals surface area contributed by atoms with Gasteiger partial charge in [0.2, 0.25) is 5.95 Å². The van der Waals surface area contributed by atoms with Gasteiger partial charge in [-0.15, -0.1) is 29.9 Å². The maximum atomic E-state index is 5.86. The second-order valence-electron chi connectivity index (χ2n) is 6.19. The predicted octanol–water partition coefficient (Wildman–Crippen LogP) is 1.96. The van der Waals surface area contributed by atoms with Gasteiger partial charge in [-0.25, -0.2) is 9.67 Å². The van der Waals surface area contributed by atoms with Crippen molar-refractivity contribution < 1.29 is 0 Å². The van der Waals surface area contributed by atoms with Gasteiger partial charge in [0, 0.05) is 24.6 Å². The summed E-state index contributed by atoms with van der Waals surface area (Å²) in [5.41, 5.74) is 14.6. The van der Waals surface area contributed by atoms with E-state index in [1.54, 1.807) is 0 Å². The van der Waals surface area contributed by atoms with E-state index in [-0.39, 0.29) is 30.9 Å². The molecule has 1 aliphatic rings. The van der Waals surface area contributed by atoms with Gasteiger partial charge in [0.1, 0.15) is 11.3 Å². The number of halogens is 2. The molecule has 0 saturated heterocycles. The zero-order valence-corrected chi connectivity index (χ0v) is 15.7. The van der Waals surface area contributed by atoms with Gasteiger partial charge in [0.25, 0.3) is 0 Å². The van der Waals surface area contributed by atoms with Gasteiger partial charge in [-0.1, -0.05) is 17.3 Å². The molecule has 10 heteroatoms. The molecule has 2 heterocycles. The molecule has 3 aromatic rings. The zero-order chi connectivity index (χ0) is 16.5. The fourth-order valence-electron chi connectivity index (χ4n) is 3.06. The summed E-state index contributed by atoms with van der Waals surface area (Å²) in [6, 6.07) is 10.1. The largest absolute Gasteiger partial charge is 0.368 e. The van der Waals surface area contributed by atoms with Crippen LogP contribution in [-0.4, -0.2) is 37.5 Å². The summed E-state index contributed by atoms with van der Waals surface area (Å²) in [6.45, 7) is 1.36. The maximum Gasteiger partial charge on any atom is 0.222 e. The van der Waals surface area contributed by atoms with Gasteiger partial charge < -0.3 is 16.8 Å². The van der Waals surface area contributed by atoms with E-state index in [4.69, 9.17) is 11.5 Å². The molecule has 0 unspecified atom stereocenters. The Bertz CT molecular complexity index is 862. The molecule has 1 fully saturated rings. The van der Waals surface area contributed by atoms with Crippen molar-refractivity contribution in [2.75, 3.05) is 17.6 Å². The first-order chi connectivity index (χ1) is 11.7. The van der Waals surface area contributed by atoms with Crippen LogP contribution in [0.5, 0.6) is 0 Å². The van der Waals surface area contributed by atoms with Gasteiger partial charge in [0.05, 0.1) is 17.8 Å². The maximum absolute atomic E-state index is 5.86. The molecule has 26 heavy (non-hydrogen) atoms. The summed E-state index contributed by atoms with van der Waals surface area (Å²) in [4.78, 5) is 8.59. The molecule has 0 atom stereocenters. The van der Waals surface area contributed by atoms with E-state index in [1.165, 1.54) is 0 Å². The highest BCUT2D eigenvalue weighted by Crippen LogP contribution is 2.35. The Labute approximate surface area is 163 Å². The monoisotopic (exact) mass is 396 g/mol. The van der Waals surface area contributed by atoms with Gasteiger partial charge in [0.15, 0.2) is 0 Å². The van der Waals surface area contributed by atoms with Gasteiger partial charge >= 0.3 is 0 Å². The van der Waals surface area contributed by atoms with Crippen molar-refractivity contribution in [3.63, 3.8) is 0 Å². The van der Waals surface area contributed by atoms with Crippen LogP contribution < -0.4 is 16.8 Å². The van der Waals surface area contributed by atoms with Crippen molar-refractivity contribution in [1.29, 1.82) is 0 Å². The van der Waals surface area contributed by atoms with E-state index >= 15 is 0 Å². The average Bonchev–Trinajstić information content (AvgIpc) is 2.95. The average molecular weight is 397 g/mol. The van der Waals surface area contributed by atoms with Gasteiger partial charge in [-0.05, 0) is 25.0 Å². The Morgan fingerprint density at radius 1 is 1.15 bits per heavy atom. The van der Waals surface area contributed by atoms with Crippen molar-refractivity contribution in [1.82, 2.24) is 25.0 Å². The Balaban J connectivity index is 0.00000121. The van der Waals surface area contributed by atoms with Crippen LogP contribution in [0.4, 0.5) is 11.8 Å². The molecule has 140 valence electrons. The first-order valence-corrected chi connectivity index (χ1v) is 8.11. The topological polar surface area (TPSA) is 121 Å². The number of aromatic nitrogens is 5. The SMILES string of the molecule is Cl.Cl.Nc1nc(NCCn2nnc3ccccc32)cc(C2CC(N)C2)n1. The molecular weight excluding hydrogens is 375 g/mol. The van der Waals surface area contributed by atoms with Crippen molar-refractivity contribution in [3.05, 3.63) is 36.0 Å². The van der Waals surface area contributed by atoms with E-state index in [2.05, 4.69) is 25.6 Å². The standard InChI is InChI=1S/C16H20N8.2ClH/c17-11-7-10(8-11)13-9-15(21-16(18)20-13)19-5-6-24-14-4-2-1-3-12(14)22-23-24;;/h1-4,9-11H,5-8,17H2,(H3,18,19,20,21);2*1H. The second kappa shape index (κ2) is 8.48. The van der Waals surface area contributed by atoms with E-state index in [9.17, 15) is 0 Å². The molecule has 5 N–H and O–H groups in total. The zero-order valence-electron chi connectivity index (χ0n) is 14.1. The molecule has 0 aliphatic heterocycles. The molecule has 0 spiro atoms. The van der Waals surface area contributed by atoms with Gasteiger partial charge in [-0.3, -0.25) is 0 Å². The number of hydrogen-bond acceptors (Lipinski definition) is 7. The first-order valence-electron chi connectivity index (χ1n) is 8.11. The number of nitrogen functional groups attached to an aromatic ring is 1. The third kappa shape index (κ3) is 4.14. The van der Waals surface area contributed by atoms with Crippen LogP contribution in [-0.2, 0) is 6.54 Å². The minimum Gasteiger partial charge on any atom is -0.368 e. The molecule has 2 aromatic heterocycles. The molecule has 1 aromatic carbocycles. The molecule has 4 rings (SSSR count). The van der Waals surface area contributed by atoms with E-state index < -0.39 is 0 Å². The summed E-state index contributed by atoms with van der Waals surface area (Å²) < 4.78 is 1.87. The highest BCUT2D eigenvalue weighted by molar-refractivity contribution is 5.85. The fourth-order valence-corrected chi connectivity index (χ4v) is 3.06. The highest BCUT2D eigenvalue weighted by atomic mass is 35.5. The molecule has 0 radical (unpaired) electrons. The fraction of sp³-hybridized carbons (Fsp3) is 0.375. The lowest BCUT2D eigenvalue weighted by Gasteiger charge is -2.32. The Kier molecular flexibility index (Phi) is 6.57. The number of hydrogen-bond donors (Lipinski definition) is 3. The molecule has 1 aliphatic carbocycles. The smallest absolute Gasteiger partial charge is 0.222 e. The highest BCUT2D eigenvalue weighted by Gasteiger charge is 2.29. The lowest BCUT2D eigenvalue weighted by Crippen LogP contribution is -2.35. The molecule has 0 amide bonds. The quantitative estimate of drug-likeness (QED) is 0.602. The van der Waals surface area contributed by atoms with Gasteiger partial charge in [-0.2, -0.15) is 4.98 Å². The van der Waals surface area contributed by atoms with Crippen molar-refractivity contribution in [2.24, 2.45) is 5.73 Å². The molecule has 1 saturated carbocycles. The molecule has 8 nitrogen and oxygen atoms in total. The second-order valence-corrected chi connectivity index (χ2v) is 6.19. The number of fused-ring (bicyclic) bond motifs is 1. The Morgan fingerprint density at radius 2 is 1.92 bits per heavy atom.